The highest BCUT2D eigenvalue weighted by atomic mass is 16.3. The summed E-state index contributed by atoms with van der Waals surface area (Å²) in [6, 6.07) is 11.8. The maximum atomic E-state index is 5.59. The van der Waals surface area contributed by atoms with Crippen LogP contribution in [-0.4, -0.2) is 9.97 Å². The third-order valence-corrected chi connectivity index (χ3v) is 3.39. The van der Waals surface area contributed by atoms with Crippen molar-refractivity contribution in [1.29, 1.82) is 0 Å². The van der Waals surface area contributed by atoms with Crippen molar-refractivity contribution in [1.82, 2.24) is 9.97 Å². The lowest BCUT2D eigenvalue weighted by atomic mass is 10.1. The van der Waals surface area contributed by atoms with E-state index in [-0.39, 0.29) is 0 Å². The van der Waals surface area contributed by atoms with Crippen LogP contribution in [0, 0.1) is 13.8 Å². The maximum Gasteiger partial charge on any atom is 0.198 e. The molecule has 0 unspecified atom stereocenters. The maximum absolute atomic E-state index is 5.59. The molecule has 0 aliphatic rings. The van der Waals surface area contributed by atoms with E-state index in [1.165, 1.54) is 0 Å². The summed E-state index contributed by atoms with van der Waals surface area (Å²) in [7, 11) is 0. The van der Waals surface area contributed by atoms with Crippen molar-refractivity contribution in [2.45, 2.75) is 13.8 Å². The van der Waals surface area contributed by atoms with E-state index in [0.717, 1.165) is 22.4 Å². The molecule has 1 aromatic carbocycles. The second kappa shape index (κ2) is 5.38. The molecular formula is C16H16N4O. The number of aryl methyl sites for hydroxylation is 1. The van der Waals surface area contributed by atoms with Gasteiger partial charge in [-0.15, -0.1) is 0 Å². The molecule has 3 aromatic rings. The van der Waals surface area contributed by atoms with Gasteiger partial charge in [-0.05, 0) is 25.5 Å². The summed E-state index contributed by atoms with van der Waals surface area (Å²) in [5.41, 5.74) is 6.37. The lowest BCUT2D eigenvalue weighted by Crippen LogP contribution is -2.12. The molecule has 3 rings (SSSR count). The van der Waals surface area contributed by atoms with Gasteiger partial charge in [0.2, 0.25) is 0 Å². The van der Waals surface area contributed by atoms with Crippen LogP contribution in [0.3, 0.4) is 0 Å². The summed E-state index contributed by atoms with van der Waals surface area (Å²) in [5, 5.41) is 0. The molecule has 2 heterocycles. The Kier molecular flexibility index (Phi) is 3.41. The zero-order valence-electron chi connectivity index (χ0n) is 11.9. The van der Waals surface area contributed by atoms with Gasteiger partial charge in [0.05, 0.1) is 12.0 Å². The summed E-state index contributed by atoms with van der Waals surface area (Å²) >= 11 is 0. The van der Waals surface area contributed by atoms with Gasteiger partial charge in [0.1, 0.15) is 5.82 Å². The average Bonchev–Trinajstić information content (AvgIpc) is 2.94. The van der Waals surface area contributed by atoms with Crippen molar-refractivity contribution >= 4 is 5.82 Å². The molecule has 0 fully saturated rings. The second-order valence-electron chi connectivity index (χ2n) is 4.81. The van der Waals surface area contributed by atoms with Crippen LogP contribution in [0.25, 0.3) is 22.8 Å². The summed E-state index contributed by atoms with van der Waals surface area (Å²) in [5.74, 6) is 7.36. The number of rotatable bonds is 3. The van der Waals surface area contributed by atoms with Gasteiger partial charge in [0.25, 0.3) is 0 Å². The van der Waals surface area contributed by atoms with Crippen molar-refractivity contribution in [3.8, 4) is 22.8 Å². The predicted octanol–water partition coefficient (Wildman–Crippen LogP) is 3.31. The highest BCUT2D eigenvalue weighted by molar-refractivity contribution is 5.71. The number of aromatic nitrogens is 2. The smallest absolute Gasteiger partial charge is 0.198 e. The molecule has 0 spiro atoms. The normalized spacial score (nSPS) is 10.6. The second-order valence-corrected chi connectivity index (χ2v) is 4.81. The predicted molar refractivity (Wildman–Crippen MR) is 82.5 cm³/mol. The fraction of sp³-hybridized carbons (Fsp3) is 0.125. The Hall–Kier alpha value is -2.66. The monoisotopic (exact) mass is 280 g/mol. The van der Waals surface area contributed by atoms with Gasteiger partial charge >= 0.3 is 0 Å². The molecule has 0 saturated carbocycles. The van der Waals surface area contributed by atoms with Crippen LogP contribution in [0.5, 0.6) is 0 Å². The summed E-state index contributed by atoms with van der Waals surface area (Å²) in [4.78, 5) is 9.09. The average molecular weight is 280 g/mol. The first kappa shape index (κ1) is 13.3. The zero-order chi connectivity index (χ0) is 14.8. The first-order chi connectivity index (χ1) is 10.2. The Morgan fingerprint density at radius 1 is 1.05 bits per heavy atom. The third-order valence-electron chi connectivity index (χ3n) is 3.39. The van der Waals surface area contributed by atoms with Gasteiger partial charge in [-0.2, -0.15) is 0 Å². The molecule has 0 aliphatic carbocycles. The third kappa shape index (κ3) is 2.39. The molecule has 3 N–H and O–H groups in total. The van der Waals surface area contributed by atoms with Crippen molar-refractivity contribution in [2.24, 2.45) is 5.84 Å². The molecule has 0 atom stereocenters. The van der Waals surface area contributed by atoms with E-state index in [4.69, 9.17) is 10.3 Å². The lowest BCUT2D eigenvalue weighted by Gasteiger charge is -2.11. The molecule has 5 nitrogen and oxygen atoms in total. The highest BCUT2D eigenvalue weighted by Gasteiger charge is 2.16. The molecule has 106 valence electrons. The summed E-state index contributed by atoms with van der Waals surface area (Å²) in [6.45, 7) is 3.90. The SMILES string of the molecule is Cc1ccoc1-c1nc(NN)c(C)c(-c2ccccc2)n1. The van der Waals surface area contributed by atoms with Gasteiger partial charge in [0, 0.05) is 11.1 Å². The Bertz CT molecular complexity index is 765. The van der Waals surface area contributed by atoms with Crippen LogP contribution < -0.4 is 11.3 Å². The quantitative estimate of drug-likeness (QED) is 0.568. The molecule has 2 aromatic heterocycles. The Morgan fingerprint density at radius 2 is 1.81 bits per heavy atom. The number of anilines is 1. The number of nitrogens with zero attached hydrogens (tertiary/aromatic N) is 2. The van der Waals surface area contributed by atoms with Crippen molar-refractivity contribution in [3.63, 3.8) is 0 Å². The van der Waals surface area contributed by atoms with Gasteiger partial charge in [-0.1, -0.05) is 30.3 Å². The first-order valence-corrected chi connectivity index (χ1v) is 6.66. The molecule has 21 heavy (non-hydrogen) atoms. The van der Waals surface area contributed by atoms with Crippen LogP contribution >= 0.6 is 0 Å². The van der Waals surface area contributed by atoms with E-state index in [2.05, 4.69) is 15.4 Å². The number of benzene rings is 1. The fourth-order valence-electron chi connectivity index (χ4n) is 2.24. The van der Waals surface area contributed by atoms with Crippen LogP contribution in [0.1, 0.15) is 11.1 Å². The standard InChI is InChI=1S/C16H16N4O/c1-10-8-9-21-14(10)16-18-13(11(2)15(19-16)20-17)12-6-4-3-5-7-12/h3-9H,17H2,1-2H3,(H,18,19,20). The molecule has 0 aliphatic heterocycles. The number of hydrogen-bond donors (Lipinski definition) is 2. The van der Waals surface area contributed by atoms with Crippen molar-refractivity contribution in [3.05, 3.63) is 53.8 Å². The number of nitrogens with one attached hydrogen (secondary N) is 1. The summed E-state index contributed by atoms with van der Waals surface area (Å²) < 4.78 is 5.49. The van der Waals surface area contributed by atoms with Crippen LogP contribution in [-0.2, 0) is 0 Å². The van der Waals surface area contributed by atoms with Gasteiger partial charge < -0.3 is 9.84 Å². The molecule has 0 bridgehead atoms. The van der Waals surface area contributed by atoms with E-state index < -0.39 is 0 Å². The van der Waals surface area contributed by atoms with Crippen LogP contribution in [0.4, 0.5) is 5.82 Å². The van der Waals surface area contributed by atoms with Crippen molar-refractivity contribution < 1.29 is 4.42 Å². The van der Waals surface area contributed by atoms with Gasteiger partial charge in [-0.3, -0.25) is 0 Å². The number of furan rings is 1. The summed E-state index contributed by atoms with van der Waals surface area (Å²) in [6.07, 6.45) is 1.63. The Morgan fingerprint density at radius 3 is 2.43 bits per heavy atom. The van der Waals surface area contributed by atoms with E-state index in [1.54, 1.807) is 6.26 Å². The Labute approximate surface area is 122 Å². The minimum Gasteiger partial charge on any atom is -0.461 e. The van der Waals surface area contributed by atoms with E-state index in [9.17, 15) is 0 Å². The number of hydrogen-bond acceptors (Lipinski definition) is 5. The lowest BCUT2D eigenvalue weighted by molar-refractivity contribution is 0.575. The molecule has 5 heteroatoms. The topological polar surface area (TPSA) is 77.0 Å². The van der Waals surface area contributed by atoms with E-state index in [1.807, 2.05) is 50.2 Å². The molecule has 0 radical (unpaired) electrons. The zero-order valence-corrected chi connectivity index (χ0v) is 11.9. The highest BCUT2D eigenvalue weighted by Crippen LogP contribution is 2.29. The number of hydrazine groups is 1. The van der Waals surface area contributed by atoms with Crippen molar-refractivity contribution in [2.75, 3.05) is 5.43 Å². The van der Waals surface area contributed by atoms with Gasteiger partial charge in [0.15, 0.2) is 11.6 Å². The largest absolute Gasteiger partial charge is 0.461 e. The van der Waals surface area contributed by atoms with E-state index >= 15 is 0 Å². The van der Waals surface area contributed by atoms with E-state index in [0.29, 0.717) is 17.4 Å². The fourth-order valence-corrected chi connectivity index (χ4v) is 2.24. The minimum atomic E-state index is 0.523. The first-order valence-electron chi connectivity index (χ1n) is 6.66. The van der Waals surface area contributed by atoms with Gasteiger partial charge in [-0.25, -0.2) is 15.8 Å². The van der Waals surface area contributed by atoms with Crippen LogP contribution in [0.15, 0.2) is 47.1 Å². The Balaban J connectivity index is 2.23. The van der Waals surface area contributed by atoms with Crippen LogP contribution in [0.2, 0.25) is 0 Å². The minimum absolute atomic E-state index is 0.523. The number of nitrogen functional groups attached to an aromatic ring is 1. The molecule has 0 amide bonds. The number of nitrogens with two attached hydrogens (primary N) is 1. The molecule has 0 saturated heterocycles. The molecular weight excluding hydrogens is 264 g/mol.